The lowest BCUT2D eigenvalue weighted by Crippen LogP contribution is -2.32. The van der Waals surface area contributed by atoms with Gasteiger partial charge >= 0.3 is 0 Å². The van der Waals surface area contributed by atoms with Gasteiger partial charge in [0.05, 0.1) is 12.2 Å². The van der Waals surface area contributed by atoms with Crippen LogP contribution in [-0.4, -0.2) is 18.2 Å². The van der Waals surface area contributed by atoms with Crippen molar-refractivity contribution < 1.29 is 4.74 Å². The molecule has 0 fully saturated rings. The van der Waals surface area contributed by atoms with Gasteiger partial charge in [-0.05, 0) is 27.7 Å². The summed E-state index contributed by atoms with van der Waals surface area (Å²) < 4.78 is 5.47. The van der Waals surface area contributed by atoms with Crippen molar-refractivity contribution in [1.82, 2.24) is 0 Å². The Balaban J connectivity index is 3.63. The molecule has 11 heavy (non-hydrogen) atoms. The van der Waals surface area contributed by atoms with Gasteiger partial charge in [-0.15, -0.1) is 0 Å². The Morgan fingerprint density at radius 3 is 2.27 bits per heavy atom. The van der Waals surface area contributed by atoms with Crippen LogP contribution in [0.5, 0.6) is 0 Å². The molecule has 1 unspecified atom stereocenters. The van der Waals surface area contributed by atoms with Crippen molar-refractivity contribution in [3.05, 3.63) is 12.2 Å². The summed E-state index contributed by atoms with van der Waals surface area (Å²) in [6, 6.07) is -0.0331. The van der Waals surface area contributed by atoms with E-state index in [2.05, 4.69) is 6.58 Å². The molecule has 0 aliphatic heterocycles. The van der Waals surface area contributed by atoms with Gasteiger partial charge in [0.2, 0.25) is 0 Å². The van der Waals surface area contributed by atoms with Crippen LogP contribution in [0, 0.1) is 0 Å². The molecule has 0 saturated carbocycles. The standard InChI is InChI=1S/C9H19NO/c1-7(2)8(10)6-11-9(3,4)5/h8H,1,6,10H2,2-5H3. The molecule has 2 heteroatoms. The average Bonchev–Trinajstić information content (AvgIpc) is 1.80. The van der Waals surface area contributed by atoms with Crippen LogP contribution in [-0.2, 0) is 4.74 Å². The zero-order valence-corrected chi connectivity index (χ0v) is 7.98. The number of hydrogen-bond acceptors (Lipinski definition) is 2. The number of hydrogen-bond donors (Lipinski definition) is 1. The highest BCUT2D eigenvalue weighted by Gasteiger charge is 2.12. The van der Waals surface area contributed by atoms with Crippen molar-refractivity contribution in [2.45, 2.75) is 39.3 Å². The Morgan fingerprint density at radius 1 is 1.55 bits per heavy atom. The van der Waals surface area contributed by atoms with Crippen LogP contribution in [0.4, 0.5) is 0 Å². The fourth-order valence-corrected chi connectivity index (χ4v) is 0.482. The number of ether oxygens (including phenoxy) is 1. The van der Waals surface area contributed by atoms with Crippen molar-refractivity contribution in [3.63, 3.8) is 0 Å². The Bertz CT molecular complexity index is 135. The molecule has 0 rings (SSSR count). The maximum Gasteiger partial charge on any atom is 0.0663 e. The van der Waals surface area contributed by atoms with E-state index in [0.29, 0.717) is 6.61 Å². The predicted molar refractivity (Wildman–Crippen MR) is 48.5 cm³/mol. The van der Waals surface area contributed by atoms with Crippen molar-refractivity contribution in [2.75, 3.05) is 6.61 Å². The minimum Gasteiger partial charge on any atom is -0.374 e. The summed E-state index contributed by atoms with van der Waals surface area (Å²) in [6.45, 7) is 12.3. The van der Waals surface area contributed by atoms with Crippen molar-refractivity contribution in [2.24, 2.45) is 5.73 Å². The van der Waals surface area contributed by atoms with Crippen molar-refractivity contribution in [3.8, 4) is 0 Å². The summed E-state index contributed by atoms with van der Waals surface area (Å²) in [4.78, 5) is 0. The van der Waals surface area contributed by atoms with Gasteiger partial charge < -0.3 is 10.5 Å². The molecule has 0 aromatic rings. The average molecular weight is 157 g/mol. The minimum absolute atomic E-state index is 0.0331. The first-order valence-corrected chi connectivity index (χ1v) is 3.88. The number of rotatable bonds is 3. The normalized spacial score (nSPS) is 14.6. The summed E-state index contributed by atoms with van der Waals surface area (Å²) in [7, 11) is 0. The minimum atomic E-state index is -0.104. The van der Waals surface area contributed by atoms with E-state index in [1.54, 1.807) is 0 Å². The second kappa shape index (κ2) is 3.88. The largest absolute Gasteiger partial charge is 0.374 e. The van der Waals surface area contributed by atoms with Gasteiger partial charge in [0, 0.05) is 6.04 Å². The number of nitrogens with two attached hydrogens (primary N) is 1. The Labute approximate surface area is 69.4 Å². The van der Waals surface area contributed by atoms with Gasteiger partial charge in [0.15, 0.2) is 0 Å². The first-order valence-electron chi connectivity index (χ1n) is 3.88. The molecule has 2 N–H and O–H groups in total. The van der Waals surface area contributed by atoms with Crippen LogP contribution >= 0.6 is 0 Å². The van der Waals surface area contributed by atoms with Crippen LogP contribution in [0.15, 0.2) is 12.2 Å². The second-order valence-corrected chi connectivity index (χ2v) is 3.88. The lowest BCUT2D eigenvalue weighted by Gasteiger charge is -2.22. The fourth-order valence-electron chi connectivity index (χ4n) is 0.482. The summed E-state index contributed by atoms with van der Waals surface area (Å²) in [6.07, 6.45) is 0. The zero-order chi connectivity index (χ0) is 9.07. The van der Waals surface area contributed by atoms with Gasteiger partial charge in [-0.3, -0.25) is 0 Å². The lowest BCUT2D eigenvalue weighted by molar-refractivity contribution is -0.00614. The summed E-state index contributed by atoms with van der Waals surface area (Å²) in [5, 5.41) is 0. The molecule has 66 valence electrons. The zero-order valence-electron chi connectivity index (χ0n) is 7.98. The Kier molecular flexibility index (Phi) is 3.76. The summed E-state index contributed by atoms with van der Waals surface area (Å²) in [5.74, 6) is 0. The monoisotopic (exact) mass is 157 g/mol. The molecule has 0 heterocycles. The van der Waals surface area contributed by atoms with Crippen LogP contribution in [0.2, 0.25) is 0 Å². The maximum atomic E-state index is 5.70. The van der Waals surface area contributed by atoms with Crippen LogP contribution in [0.3, 0.4) is 0 Å². The van der Waals surface area contributed by atoms with Crippen LogP contribution < -0.4 is 5.73 Å². The van der Waals surface area contributed by atoms with E-state index in [0.717, 1.165) is 5.57 Å². The van der Waals surface area contributed by atoms with Gasteiger partial charge in [0.25, 0.3) is 0 Å². The van der Waals surface area contributed by atoms with E-state index in [1.807, 2.05) is 27.7 Å². The lowest BCUT2D eigenvalue weighted by atomic mass is 10.1. The fraction of sp³-hybridized carbons (Fsp3) is 0.778. The quantitative estimate of drug-likeness (QED) is 0.633. The second-order valence-electron chi connectivity index (χ2n) is 3.88. The summed E-state index contributed by atoms with van der Waals surface area (Å²) >= 11 is 0. The first-order chi connectivity index (χ1) is 4.83. The highest BCUT2D eigenvalue weighted by atomic mass is 16.5. The Morgan fingerprint density at radius 2 is 2.00 bits per heavy atom. The topological polar surface area (TPSA) is 35.2 Å². The molecule has 0 spiro atoms. The van der Waals surface area contributed by atoms with Crippen LogP contribution in [0.1, 0.15) is 27.7 Å². The molecule has 0 aromatic heterocycles. The molecular weight excluding hydrogens is 138 g/mol. The first kappa shape index (κ1) is 10.7. The molecule has 1 atom stereocenters. The van der Waals surface area contributed by atoms with E-state index in [4.69, 9.17) is 10.5 Å². The van der Waals surface area contributed by atoms with Crippen LogP contribution in [0.25, 0.3) is 0 Å². The smallest absolute Gasteiger partial charge is 0.0663 e. The molecule has 0 radical (unpaired) electrons. The third-order valence-corrected chi connectivity index (χ3v) is 1.33. The predicted octanol–water partition coefficient (Wildman–Crippen LogP) is 1.70. The van der Waals surface area contributed by atoms with Crippen molar-refractivity contribution in [1.29, 1.82) is 0 Å². The molecule has 0 bridgehead atoms. The van der Waals surface area contributed by atoms with Gasteiger partial charge in [-0.1, -0.05) is 12.2 Å². The van der Waals surface area contributed by atoms with E-state index < -0.39 is 0 Å². The molecule has 0 aromatic carbocycles. The molecule has 2 nitrogen and oxygen atoms in total. The Hall–Kier alpha value is -0.340. The van der Waals surface area contributed by atoms with Gasteiger partial charge in [-0.25, -0.2) is 0 Å². The molecule has 0 aliphatic rings. The maximum absolute atomic E-state index is 5.70. The highest BCUT2D eigenvalue weighted by molar-refractivity contribution is 4.99. The van der Waals surface area contributed by atoms with E-state index in [1.165, 1.54) is 0 Å². The molecule has 0 amide bonds. The van der Waals surface area contributed by atoms with E-state index in [-0.39, 0.29) is 11.6 Å². The van der Waals surface area contributed by atoms with Crippen molar-refractivity contribution >= 4 is 0 Å². The SMILES string of the molecule is C=C(C)C(N)COC(C)(C)C. The molecular formula is C9H19NO. The third kappa shape index (κ3) is 6.07. The van der Waals surface area contributed by atoms with Gasteiger partial charge in [0.1, 0.15) is 0 Å². The highest BCUT2D eigenvalue weighted by Crippen LogP contribution is 2.08. The summed E-state index contributed by atoms with van der Waals surface area (Å²) in [5.41, 5.74) is 6.56. The van der Waals surface area contributed by atoms with E-state index in [9.17, 15) is 0 Å². The molecule has 0 aliphatic carbocycles. The van der Waals surface area contributed by atoms with Gasteiger partial charge in [-0.2, -0.15) is 0 Å². The van der Waals surface area contributed by atoms with E-state index >= 15 is 0 Å². The third-order valence-electron chi connectivity index (χ3n) is 1.33. The molecule has 0 saturated heterocycles.